The lowest BCUT2D eigenvalue weighted by Gasteiger charge is -2.15. The van der Waals surface area contributed by atoms with Crippen molar-refractivity contribution in [3.05, 3.63) is 53.9 Å². The average molecular weight is 471 g/mol. The summed E-state index contributed by atoms with van der Waals surface area (Å²) < 4.78 is 18.4. The van der Waals surface area contributed by atoms with E-state index < -0.39 is 0 Å². The Kier molecular flexibility index (Phi) is 8.21. The van der Waals surface area contributed by atoms with Gasteiger partial charge in [0.15, 0.2) is 17.1 Å². The van der Waals surface area contributed by atoms with Gasteiger partial charge in [0, 0.05) is 13.1 Å². The molecule has 9 heteroatoms. The maximum Gasteiger partial charge on any atom is 0.234 e. The normalized spacial score (nSPS) is 11.8. The monoisotopic (exact) mass is 470 g/mol. The maximum atomic E-state index is 12.5. The fraction of sp³-hybridized carbons (Fsp3) is 0.375. The predicted molar refractivity (Wildman–Crippen MR) is 129 cm³/mol. The van der Waals surface area contributed by atoms with Crippen molar-refractivity contribution in [1.82, 2.24) is 14.8 Å². The van der Waals surface area contributed by atoms with Crippen LogP contribution in [0.25, 0.3) is 0 Å². The number of anilines is 1. The number of nitrogens with one attached hydrogen (secondary N) is 1. The summed E-state index contributed by atoms with van der Waals surface area (Å²) >= 11 is 1.30. The molecule has 176 valence electrons. The Morgan fingerprint density at radius 3 is 2.36 bits per heavy atom. The zero-order valence-corrected chi connectivity index (χ0v) is 20.6. The number of hydrogen-bond donors (Lipinski definition) is 1. The number of amides is 1. The van der Waals surface area contributed by atoms with E-state index in [1.165, 1.54) is 17.3 Å². The van der Waals surface area contributed by atoms with Gasteiger partial charge in [-0.05, 0) is 42.7 Å². The lowest BCUT2D eigenvalue weighted by Crippen LogP contribution is -2.15. The first-order chi connectivity index (χ1) is 15.8. The number of aromatic nitrogens is 3. The highest BCUT2D eigenvalue weighted by molar-refractivity contribution is 7.99. The lowest BCUT2D eigenvalue weighted by molar-refractivity contribution is -0.113. The topological polar surface area (TPSA) is 87.5 Å². The van der Waals surface area contributed by atoms with Crippen molar-refractivity contribution in [1.29, 1.82) is 0 Å². The molecule has 0 aliphatic carbocycles. The van der Waals surface area contributed by atoms with Crippen molar-refractivity contribution in [2.45, 2.75) is 37.9 Å². The van der Waals surface area contributed by atoms with Gasteiger partial charge in [-0.25, -0.2) is 0 Å². The van der Waals surface area contributed by atoms with Crippen LogP contribution in [0.1, 0.15) is 44.2 Å². The molecule has 2 aromatic carbocycles. The third kappa shape index (κ3) is 6.19. The highest BCUT2D eigenvalue weighted by Crippen LogP contribution is 2.30. The highest BCUT2D eigenvalue weighted by Gasteiger charge is 2.18. The molecule has 8 nitrogen and oxygen atoms in total. The fourth-order valence-electron chi connectivity index (χ4n) is 3.21. The summed E-state index contributed by atoms with van der Waals surface area (Å²) in [5.41, 5.74) is 1.84. The van der Waals surface area contributed by atoms with Gasteiger partial charge in [0.1, 0.15) is 17.2 Å². The molecule has 0 saturated heterocycles. The minimum atomic E-state index is -0.292. The number of rotatable bonds is 10. The first-order valence-corrected chi connectivity index (χ1v) is 11.6. The quantitative estimate of drug-likeness (QED) is 0.425. The largest absolute Gasteiger partial charge is 0.497 e. The summed E-state index contributed by atoms with van der Waals surface area (Å²) in [5.74, 6) is 3.10. The van der Waals surface area contributed by atoms with Gasteiger partial charge >= 0.3 is 0 Å². The number of carbonyl (C=O) groups is 1. The Balaban J connectivity index is 1.58. The van der Waals surface area contributed by atoms with E-state index in [4.69, 9.17) is 14.2 Å². The number of thioether (sulfide) groups is 1. The molecule has 0 spiro atoms. The highest BCUT2D eigenvalue weighted by atomic mass is 32.2. The van der Waals surface area contributed by atoms with Crippen molar-refractivity contribution in [3.63, 3.8) is 0 Å². The molecule has 1 atom stereocenters. The van der Waals surface area contributed by atoms with E-state index in [0.29, 0.717) is 34.1 Å². The van der Waals surface area contributed by atoms with Crippen LogP contribution in [0, 0.1) is 0 Å². The number of carbonyl (C=O) groups excluding carboxylic acids is 1. The summed E-state index contributed by atoms with van der Waals surface area (Å²) in [6.45, 7) is 6.24. The standard InChI is InChI=1S/C24H30N4O4S/c1-15(2)17-7-9-18(10-8-17)32-16(3)23-26-27-24(28(23)4)33-14-22(29)25-20-12-11-19(30-5)13-21(20)31-6/h7-13,15-16H,14H2,1-6H3,(H,25,29). The second-order valence-corrected chi connectivity index (χ2v) is 8.73. The first-order valence-electron chi connectivity index (χ1n) is 10.6. The van der Waals surface area contributed by atoms with Crippen LogP contribution < -0.4 is 19.5 Å². The number of nitrogens with zero attached hydrogens (tertiary/aromatic N) is 3. The van der Waals surface area contributed by atoms with Gasteiger partial charge in [0.25, 0.3) is 0 Å². The van der Waals surface area contributed by atoms with Gasteiger partial charge in [-0.1, -0.05) is 37.7 Å². The van der Waals surface area contributed by atoms with Crippen LogP contribution >= 0.6 is 11.8 Å². The van der Waals surface area contributed by atoms with Gasteiger partial charge in [0.2, 0.25) is 5.91 Å². The molecule has 0 saturated carbocycles. The van der Waals surface area contributed by atoms with Crippen LogP contribution in [0.4, 0.5) is 5.69 Å². The van der Waals surface area contributed by atoms with Crippen molar-refractivity contribution < 1.29 is 19.0 Å². The molecule has 1 amide bonds. The number of hydrogen-bond acceptors (Lipinski definition) is 7. The summed E-state index contributed by atoms with van der Waals surface area (Å²) in [5, 5.41) is 12.0. The van der Waals surface area contributed by atoms with E-state index in [2.05, 4.69) is 41.5 Å². The Morgan fingerprint density at radius 2 is 1.73 bits per heavy atom. The molecular weight excluding hydrogens is 440 g/mol. The molecule has 0 radical (unpaired) electrons. The smallest absolute Gasteiger partial charge is 0.234 e. The lowest BCUT2D eigenvalue weighted by atomic mass is 10.0. The second kappa shape index (κ2) is 11.1. The Hall–Kier alpha value is -3.20. The molecule has 1 unspecified atom stereocenters. The molecule has 0 aliphatic rings. The van der Waals surface area contributed by atoms with Crippen LogP contribution in [0.2, 0.25) is 0 Å². The predicted octanol–water partition coefficient (Wildman–Crippen LogP) is 4.83. The van der Waals surface area contributed by atoms with E-state index in [-0.39, 0.29) is 17.8 Å². The van der Waals surface area contributed by atoms with E-state index in [9.17, 15) is 4.79 Å². The SMILES string of the molecule is COc1ccc(NC(=O)CSc2nnc(C(C)Oc3ccc(C(C)C)cc3)n2C)c(OC)c1. The zero-order valence-electron chi connectivity index (χ0n) is 19.8. The van der Waals surface area contributed by atoms with Gasteiger partial charge in [0.05, 0.1) is 25.7 Å². The number of ether oxygens (including phenoxy) is 3. The van der Waals surface area contributed by atoms with Gasteiger partial charge < -0.3 is 24.1 Å². The molecule has 1 N–H and O–H groups in total. The molecule has 0 bridgehead atoms. The molecule has 1 aromatic heterocycles. The van der Waals surface area contributed by atoms with Crippen LogP contribution in [0.3, 0.4) is 0 Å². The molecule has 3 rings (SSSR count). The van der Waals surface area contributed by atoms with Gasteiger partial charge in [-0.2, -0.15) is 0 Å². The van der Waals surface area contributed by atoms with Crippen molar-refractivity contribution in [2.24, 2.45) is 7.05 Å². The van der Waals surface area contributed by atoms with Crippen LogP contribution in [0.5, 0.6) is 17.2 Å². The van der Waals surface area contributed by atoms with Crippen molar-refractivity contribution >= 4 is 23.4 Å². The number of benzene rings is 2. The van der Waals surface area contributed by atoms with E-state index >= 15 is 0 Å². The zero-order chi connectivity index (χ0) is 24.0. The Morgan fingerprint density at radius 1 is 1.03 bits per heavy atom. The fourth-order valence-corrected chi connectivity index (χ4v) is 3.93. The molecule has 33 heavy (non-hydrogen) atoms. The first kappa shape index (κ1) is 24.4. The summed E-state index contributed by atoms with van der Waals surface area (Å²) in [6, 6.07) is 13.3. The van der Waals surface area contributed by atoms with E-state index in [1.54, 1.807) is 32.4 Å². The maximum absolute atomic E-state index is 12.5. The van der Waals surface area contributed by atoms with Crippen LogP contribution in [-0.2, 0) is 11.8 Å². The summed E-state index contributed by atoms with van der Waals surface area (Å²) in [6.07, 6.45) is -0.292. The molecule has 0 fully saturated rings. The third-order valence-corrected chi connectivity index (χ3v) is 6.13. The third-order valence-electron chi connectivity index (χ3n) is 5.11. The van der Waals surface area contributed by atoms with Crippen LogP contribution in [-0.4, -0.2) is 40.6 Å². The molecule has 1 heterocycles. The van der Waals surface area contributed by atoms with Gasteiger partial charge in [-0.3, -0.25) is 4.79 Å². The molecular formula is C24H30N4O4S. The van der Waals surface area contributed by atoms with E-state index in [1.807, 2.05) is 30.7 Å². The Labute approximate surface area is 198 Å². The molecule has 0 aliphatic heterocycles. The minimum Gasteiger partial charge on any atom is -0.497 e. The second-order valence-electron chi connectivity index (χ2n) is 7.79. The van der Waals surface area contributed by atoms with Crippen molar-refractivity contribution in [3.8, 4) is 17.2 Å². The Bertz CT molecular complexity index is 1080. The van der Waals surface area contributed by atoms with Crippen LogP contribution in [0.15, 0.2) is 47.6 Å². The van der Waals surface area contributed by atoms with Crippen molar-refractivity contribution in [2.75, 3.05) is 25.3 Å². The molecule has 3 aromatic rings. The summed E-state index contributed by atoms with van der Waals surface area (Å²) in [7, 11) is 4.99. The van der Waals surface area contributed by atoms with E-state index in [0.717, 1.165) is 5.75 Å². The minimum absolute atomic E-state index is 0.174. The number of methoxy groups -OCH3 is 2. The summed E-state index contributed by atoms with van der Waals surface area (Å²) in [4.78, 5) is 12.5. The van der Waals surface area contributed by atoms with Gasteiger partial charge in [-0.15, -0.1) is 10.2 Å². The average Bonchev–Trinajstić information content (AvgIpc) is 3.18.